The summed E-state index contributed by atoms with van der Waals surface area (Å²) in [5, 5.41) is 0. The van der Waals surface area contributed by atoms with Crippen LogP contribution in [0.2, 0.25) is 0 Å². The predicted octanol–water partition coefficient (Wildman–Crippen LogP) is 1.14. The molecule has 68 valence electrons. The SMILES string of the molecule is CC1(N=C=O)C=CC(N=C=O)CC1. The van der Waals surface area contributed by atoms with Crippen LogP contribution in [0.1, 0.15) is 19.8 Å². The van der Waals surface area contributed by atoms with Crippen molar-refractivity contribution >= 4 is 12.2 Å². The van der Waals surface area contributed by atoms with Gasteiger partial charge in [0.15, 0.2) is 0 Å². The van der Waals surface area contributed by atoms with E-state index in [9.17, 15) is 9.59 Å². The van der Waals surface area contributed by atoms with Crippen LogP contribution in [0.3, 0.4) is 0 Å². The molecule has 0 radical (unpaired) electrons. The van der Waals surface area contributed by atoms with Gasteiger partial charge in [-0.3, -0.25) is 0 Å². The number of isocyanates is 2. The van der Waals surface area contributed by atoms with Crippen LogP contribution in [-0.2, 0) is 9.59 Å². The van der Waals surface area contributed by atoms with Gasteiger partial charge < -0.3 is 0 Å². The van der Waals surface area contributed by atoms with Gasteiger partial charge in [-0.2, -0.15) is 9.98 Å². The second kappa shape index (κ2) is 3.94. The molecule has 0 heterocycles. The van der Waals surface area contributed by atoms with Crippen LogP contribution >= 0.6 is 0 Å². The zero-order valence-electron chi connectivity index (χ0n) is 7.36. The van der Waals surface area contributed by atoms with Crippen molar-refractivity contribution in [2.45, 2.75) is 31.3 Å². The zero-order valence-corrected chi connectivity index (χ0v) is 7.36. The second-order valence-corrected chi connectivity index (χ2v) is 3.25. The van der Waals surface area contributed by atoms with Crippen LogP contribution in [0.5, 0.6) is 0 Å². The van der Waals surface area contributed by atoms with E-state index in [4.69, 9.17) is 0 Å². The van der Waals surface area contributed by atoms with Crippen molar-refractivity contribution in [3.63, 3.8) is 0 Å². The maximum Gasteiger partial charge on any atom is 0.235 e. The Morgan fingerprint density at radius 3 is 2.69 bits per heavy atom. The highest BCUT2D eigenvalue weighted by Crippen LogP contribution is 2.26. The number of hydrogen-bond donors (Lipinski definition) is 0. The van der Waals surface area contributed by atoms with Crippen LogP contribution in [-0.4, -0.2) is 23.7 Å². The van der Waals surface area contributed by atoms with Crippen molar-refractivity contribution in [2.24, 2.45) is 9.98 Å². The summed E-state index contributed by atoms with van der Waals surface area (Å²) in [5.41, 5.74) is -0.462. The first-order valence-corrected chi connectivity index (χ1v) is 4.05. The van der Waals surface area contributed by atoms with E-state index >= 15 is 0 Å². The van der Waals surface area contributed by atoms with Gasteiger partial charge in [0.05, 0.1) is 11.6 Å². The minimum Gasteiger partial charge on any atom is -0.211 e. The predicted molar refractivity (Wildman–Crippen MR) is 46.8 cm³/mol. The lowest BCUT2D eigenvalue weighted by Gasteiger charge is -2.24. The van der Waals surface area contributed by atoms with Gasteiger partial charge in [0.2, 0.25) is 12.2 Å². The van der Waals surface area contributed by atoms with Crippen molar-refractivity contribution in [2.75, 3.05) is 0 Å². The van der Waals surface area contributed by atoms with Crippen molar-refractivity contribution in [3.8, 4) is 0 Å². The molecule has 0 bridgehead atoms. The van der Waals surface area contributed by atoms with E-state index in [1.54, 1.807) is 18.2 Å². The Balaban J connectivity index is 2.76. The van der Waals surface area contributed by atoms with Crippen molar-refractivity contribution in [3.05, 3.63) is 12.2 Å². The molecule has 0 aliphatic heterocycles. The summed E-state index contributed by atoms with van der Waals surface area (Å²) in [6, 6.07) is -0.104. The first-order valence-electron chi connectivity index (χ1n) is 4.05. The van der Waals surface area contributed by atoms with Crippen molar-refractivity contribution < 1.29 is 9.59 Å². The Hall–Kier alpha value is -1.50. The monoisotopic (exact) mass is 178 g/mol. The zero-order chi connectivity index (χ0) is 9.73. The number of rotatable bonds is 2. The summed E-state index contributed by atoms with van der Waals surface area (Å²) in [6.07, 6.45) is 8.03. The largest absolute Gasteiger partial charge is 0.235 e. The molecule has 1 aliphatic carbocycles. The Morgan fingerprint density at radius 2 is 2.23 bits per heavy atom. The molecule has 13 heavy (non-hydrogen) atoms. The number of aliphatic imine (C=N–C) groups is 2. The molecule has 0 aromatic carbocycles. The average Bonchev–Trinajstić information content (AvgIpc) is 2.10. The molecule has 0 saturated heterocycles. The Kier molecular flexibility index (Phi) is 2.91. The third kappa shape index (κ3) is 2.48. The average molecular weight is 178 g/mol. The molecule has 0 saturated carbocycles. The lowest BCUT2D eigenvalue weighted by molar-refractivity contribution is 0.462. The normalized spacial score (nSPS) is 31.6. The molecule has 4 nitrogen and oxygen atoms in total. The lowest BCUT2D eigenvalue weighted by Crippen LogP contribution is -2.25. The molecular weight excluding hydrogens is 168 g/mol. The third-order valence-corrected chi connectivity index (χ3v) is 2.14. The third-order valence-electron chi connectivity index (χ3n) is 2.14. The van der Waals surface area contributed by atoms with E-state index < -0.39 is 5.54 Å². The highest BCUT2D eigenvalue weighted by atomic mass is 16.1. The fourth-order valence-corrected chi connectivity index (χ4v) is 1.31. The Morgan fingerprint density at radius 1 is 1.46 bits per heavy atom. The highest BCUT2D eigenvalue weighted by molar-refractivity contribution is 5.37. The smallest absolute Gasteiger partial charge is 0.211 e. The number of nitrogens with zero attached hydrogens (tertiary/aromatic N) is 2. The van der Waals surface area contributed by atoms with Crippen LogP contribution in [0.25, 0.3) is 0 Å². The van der Waals surface area contributed by atoms with E-state index in [-0.39, 0.29) is 6.04 Å². The number of hydrogen-bond acceptors (Lipinski definition) is 4. The fourth-order valence-electron chi connectivity index (χ4n) is 1.31. The van der Waals surface area contributed by atoms with E-state index in [1.165, 1.54) is 6.08 Å². The van der Waals surface area contributed by atoms with Crippen LogP contribution in [0.15, 0.2) is 22.1 Å². The molecular formula is C9H10N2O2. The van der Waals surface area contributed by atoms with Crippen LogP contribution in [0.4, 0.5) is 0 Å². The lowest BCUT2D eigenvalue weighted by atomic mass is 9.88. The van der Waals surface area contributed by atoms with E-state index in [2.05, 4.69) is 9.98 Å². The first kappa shape index (κ1) is 9.59. The van der Waals surface area contributed by atoms with Gasteiger partial charge >= 0.3 is 0 Å². The second-order valence-electron chi connectivity index (χ2n) is 3.25. The number of carbonyl (C=O) groups excluding carboxylic acids is 2. The van der Waals surface area contributed by atoms with Crippen molar-refractivity contribution in [1.82, 2.24) is 0 Å². The molecule has 0 fully saturated rings. The van der Waals surface area contributed by atoms with Crippen LogP contribution in [0, 0.1) is 0 Å². The van der Waals surface area contributed by atoms with E-state index in [0.717, 1.165) is 0 Å². The highest BCUT2D eigenvalue weighted by Gasteiger charge is 2.25. The summed E-state index contributed by atoms with van der Waals surface area (Å²) < 4.78 is 0. The minimum absolute atomic E-state index is 0.104. The molecule has 0 aromatic heterocycles. The first-order chi connectivity index (χ1) is 6.20. The summed E-state index contributed by atoms with van der Waals surface area (Å²) in [5.74, 6) is 0. The van der Waals surface area contributed by atoms with Gasteiger partial charge in [-0.05, 0) is 19.8 Å². The quantitative estimate of drug-likeness (QED) is 0.361. The fraction of sp³-hybridized carbons (Fsp3) is 0.556. The summed E-state index contributed by atoms with van der Waals surface area (Å²) in [4.78, 5) is 27.3. The topological polar surface area (TPSA) is 58.9 Å². The summed E-state index contributed by atoms with van der Waals surface area (Å²) in [7, 11) is 0. The van der Waals surface area contributed by atoms with E-state index in [1.807, 2.05) is 6.92 Å². The maximum absolute atomic E-state index is 10.1. The molecule has 2 unspecified atom stereocenters. The minimum atomic E-state index is -0.462. The standard InChI is InChI=1S/C9H10N2O2/c1-9(11-7-13)4-2-8(3-5-9)10-6-12/h2,4,8H,3,5H2,1H3. The molecule has 0 spiro atoms. The van der Waals surface area contributed by atoms with Gasteiger partial charge in [-0.15, -0.1) is 0 Å². The molecule has 1 aliphatic rings. The van der Waals surface area contributed by atoms with Crippen molar-refractivity contribution in [1.29, 1.82) is 0 Å². The maximum atomic E-state index is 10.1. The molecule has 1 rings (SSSR count). The van der Waals surface area contributed by atoms with Crippen LogP contribution < -0.4 is 0 Å². The Bertz CT molecular complexity index is 312. The Labute approximate surface area is 76.1 Å². The molecule has 0 aromatic rings. The van der Waals surface area contributed by atoms with Gasteiger partial charge in [0.25, 0.3) is 0 Å². The van der Waals surface area contributed by atoms with E-state index in [0.29, 0.717) is 12.8 Å². The van der Waals surface area contributed by atoms with Gasteiger partial charge in [-0.25, -0.2) is 9.59 Å². The molecule has 0 N–H and O–H groups in total. The summed E-state index contributed by atoms with van der Waals surface area (Å²) in [6.45, 7) is 1.84. The van der Waals surface area contributed by atoms with Gasteiger partial charge in [-0.1, -0.05) is 12.2 Å². The van der Waals surface area contributed by atoms with Gasteiger partial charge in [0, 0.05) is 0 Å². The molecule has 0 amide bonds. The molecule has 4 heteroatoms. The molecule has 2 atom stereocenters. The summed E-state index contributed by atoms with van der Waals surface area (Å²) >= 11 is 0. The van der Waals surface area contributed by atoms with Gasteiger partial charge in [0.1, 0.15) is 0 Å².